The third kappa shape index (κ3) is 6.71. The van der Waals surface area contributed by atoms with Crippen LogP contribution in [0.4, 0.5) is 18.9 Å². The summed E-state index contributed by atoms with van der Waals surface area (Å²) in [4.78, 5) is 15.9. The lowest BCUT2D eigenvalue weighted by Gasteiger charge is -2.14. The van der Waals surface area contributed by atoms with Gasteiger partial charge in [0.2, 0.25) is 0 Å². The van der Waals surface area contributed by atoms with Crippen molar-refractivity contribution in [1.29, 1.82) is 0 Å². The van der Waals surface area contributed by atoms with E-state index in [2.05, 4.69) is 20.4 Å². The van der Waals surface area contributed by atoms with Crippen LogP contribution in [0.5, 0.6) is 11.5 Å². The maximum absolute atomic E-state index is 12.4. The predicted molar refractivity (Wildman–Crippen MR) is 98.6 cm³/mol. The first-order valence-corrected chi connectivity index (χ1v) is 8.12. The molecule has 2 rings (SSSR count). The fourth-order valence-electron chi connectivity index (χ4n) is 2.15. The summed E-state index contributed by atoms with van der Waals surface area (Å²) in [6.45, 7) is 0.316. The van der Waals surface area contributed by atoms with Crippen LogP contribution in [0.15, 0.2) is 53.5 Å². The molecule has 0 aromatic heterocycles. The average Bonchev–Trinajstić information content (AvgIpc) is 2.65. The van der Waals surface area contributed by atoms with Crippen molar-refractivity contribution in [3.8, 4) is 11.5 Å². The number of rotatable bonds is 7. The average molecular weight is 396 g/mol. The quantitative estimate of drug-likeness (QED) is 0.380. The monoisotopic (exact) mass is 396 g/mol. The maximum Gasteiger partial charge on any atom is 0.573 e. The first-order valence-electron chi connectivity index (χ1n) is 8.12. The highest BCUT2D eigenvalue weighted by Crippen LogP contribution is 2.29. The van der Waals surface area contributed by atoms with Gasteiger partial charge in [-0.1, -0.05) is 12.1 Å². The van der Waals surface area contributed by atoms with Crippen molar-refractivity contribution in [2.24, 2.45) is 10.7 Å². The smallest absolute Gasteiger partial charge is 0.497 e. The number of halogens is 3. The number of methoxy groups -OCH3 is 1. The Labute approximate surface area is 159 Å². The second kappa shape index (κ2) is 9.49. The molecule has 2 aromatic rings. The van der Waals surface area contributed by atoms with Crippen molar-refractivity contribution in [3.63, 3.8) is 0 Å². The lowest BCUT2D eigenvalue weighted by atomic mass is 10.2. The molecule has 28 heavy (non-hydrogen) atoms. The molecule has 0 radical (unpaired) electrons. The minimum Gasteiger partial charge on any atom is -0.497 e. The Hall–Kier alpha value is -3.43. The highest BCUT2D eigenvalue weighted by Gasteiger charge is 2.32. The highest BCUT2D eigenvalue weighted by molar-refractivity contribution is 5.95. The molecule has 0 aliphatic heterocycles. The molecule has 0 heterocycles. The zero-order valence-electron chi connectivity index (χ0n) is 14.9. The fraction of sp³-hybridized carbons (Fsp3) is 0.222. The van der Waals surface area contributed by atoms with Gasteiger partial charge < -0.3 is 25.8 Å². The van der Waals surface area contributed by atoms with Gasteiger partial charge in [0.15, 0.2) is 11.7 Å². The van der Waals surface area contributed by atoms with Gasteiger partial charge in [-0.2, -0.15) is 0 Å². The van der Waals surface area contributed by atoms with Crippen molar-refractivity contribution in [3.05, 3.63) is 54.1 Å². The van der Waals surface area contributed by atoms with E-state index in [0.29, 0.717) is 11.3 Å². The minimum atomic E-state index is -4.82. The Morgan fingerprint density at radius 3 is 2.46 bits per heavy atom. The first-order chi connectivity index (χ1) is 13.3. The number of hydrogen-bond donors (Lipinski definition) is 3. The van der Waals surface area contributed by atoms with Gasteiger partial charge in [0, 0.05) is 12.1 Å². The van der Waals surface area contributed by atoms with Gasteiger partial charge in [-0.25, -0.2) is 0 Å². The van der Waals surface area contributed by atoms with Crippen molar-refractivity contribution in [1.82, 2.24) is 5.32 Å². The number of amides is 1. The van der Waals surface area contributed by atoms with Crippen LogP contribution < -0.4 is 25.8 Å². The summed E-state index contributed by atoms with van der Waals surface area (Å²) in [6.07, 6.45) is -4.82. The van der Waals surface area contributed by atoms with Crippen molar-refractivity contribution >= 4 is 17.6 Å². The van der Waals surface area contributed by atoms with Crippen molar-refractivity contribution in [2.75, 3.05) is 25.5 Å². The number of hydrogen-bond acceptors (Lipinski definition) is 4. The molecule has 0 saturated heterocycles. The van der Waals surface area contributed by atoms with E-state index in [9.17, 15) is 18.0 Å². The summed E-state index contributed by atoms with van der Waals surface area (Å²) in [5.41, 5.74) is 6.14. The third-order valence-electron chi connectivity index (χ3n) is 3.41. The molecule has 0 atom stereocenters. The van der Waals surface area contributed by atoms with E-state index in [1.807, 2.05) is 0 Å². The van der Waals surface area contributed by atoms with Gasteiger partial charge in [0.05, 0.1) is 19.3 Å². The number of nitrogens with zero attached hydrogens (tertiary/aromatic N) is 1. The van der Waals surface area contributed by atoms with Gasteiger partial charge in [-0.15, -0.1) is 13.2 Å². The van der Waals surface area contributed by atoms with Gasteiger partial charge in [0.1, 0.15) is 5.75 Å². The zero-order valence-corrected chi connectivity index (χ0v) is 14.9. The second-order valence-corrected chi connectivity index (χ2v) is 5.42. The Morgan fingerprint density at radius 1 is 1.14 bits per heavy atom. The maximum atomic E-state index is 12.4. The van der Waals surface area contributed by atoms with Crippen LogP contribution in [-0.2, 0) is 0 Å². The van der Waals surface area contributed by atoms with Gasteiger partial charge in [-0.3, -0.25) is 9.79 Å². The standard InChI is InChI=1S/C18H19F3N4O3/c1-27-13-8-6-12(7-9-13)16(26)23-10-11-24-17(22)25-14-4-2-3-5-15(14)28-18(19,20)21/h2-9H,10-11H2,1H3,(H,23,26)(H3,22,24,25). The number of carbonyl (C=O) groups excluding carboxylic acids is 1. The van der Waals surface area contributed by atoms with E-state index >= 15 is 0 Å². The van der Waals surface area contributed by atoms with Crippen LogP contribution in [-0.4, -0.2) is 38.4 Å². The van der Waals surface area contributed by atoms with Crippen LogP contribution >= 0.6 is 0 Å². The number of alkyl halides is 3. The molecule has 4 N–H and O–H groups in total. The predicted octanol–water partition coefficient (Wildman–Crippen LogP) is 2.75. The normalized spacial score (nSPS) is 11.6. The molecule has 0 spiro atoms. The van der Waals surface area contributed by atoms with Crippen molar-refractivity contribution in [2.45, 2.75) is 6.36 Å². The summed E-state index contributed by atoms with van der Waals surface area (Å²) in [5.74, 6) is -0.207. The van der Waals surface area contributed by atoms with E-state index in [0.717, 1.165) is 6.07 Å². The molecule has 0 unspecified atom stereocenters. The minimum absolute atomic E-state index is 0.0170. The van der Waals surface area contributed by atoms with E-state index in [-0.39, 0.29) is 30.6 Å². The van der Waals surface area contributed by atoms with E-state index < -0.39 is 12.1 Å². The molecule has 1 amide bonds. The molecule has 0 fully saturated rings. The number of ether oxygens (including phenoxy) is 2. The second-order valence-electron chi connectivity index (χ2n) is 5.42. The summed E-state index contributed by atoms with van der Waals surface area (Å²) >= 11 is 0. The number of aliphatic imine (C=N–C) groups is 1. The summed E-state index contributed by atoms with van der Waals surface area (Å²) in [5, 5.41) is 5.20. The Balaban J connectivity index is 1.85. The Bertz CT molecular complexity index is 824. The molecule has 0 saturated carbocycles. The molecule has 2 aromatic carbocycles. The topological polar surface area (TPSA) is 98.0 Å². The SMILES string of the molecule is COc1ccc(C(=O)NCCN=C(N)Nc2ccccc2OC(F)(F)F)cc1. The fourth-order valence-corrected chi connectivity index (χ4v) is 2.15. The number of guanidine groups is 1. The molecule has 0 aliphatic rings. The number of anilines is 1. The van der Waals surface area contributed by atoms with Crippen LogP contribution in [0.2, 0.25) is 0 Å². The summed E-state index contributed by atoms with van der Waals surface area (Å²) in [6, 6.07) is 12.0. The Kier molecular flexibility index (Phi) is 7.08. The van der Waals surface area contributed by atoms with Crippen molar-refractivity contribution < 1.29 is 27.4 Å². The van der Waals surface area contributed by atoms with Gasteiger partial charge in [0.25, 0.3) is 5.91 Å². The van der Waals surface area contributed by atoms with Gasteiger partial charge in [-0.05, 0) is 36.4 Å². The molecular weight excluding hydrogens is 377 g/mol. The molecular formula is C18H19F3N4O3. The summed E-state index contributed by atoms with van der Waals surface area (Å²) in [7, 11) is 1.53. The van der Waals surface area contributed by atoms with Crippen LogP contribution in [0.1, 0.15) is 10.4 Å². The van der Waals surface area contributed by atoms with E-state index in [1.165, 1.54) is 25.3 Å². The van der Waals surface area contributed by atoms with Gasteiger partial charge >= 0.3 is 6.36 Å². The summed E-state index contributed by atoms with van der Waals surface area (Å²) < 4.78 is 46.2. The van der Waals surface area contributed by atoms with E-state index in [1.54, 1.807) is 24.3 Å². The van der Waals surface area contributed by atoms with E-state index in [4.69, 9.17) is 10.5 Å². The number of carbonyl (C=O) groups is 1. The third-order valence-corrected chi connectivity index (χ3v) is 3.41. The zero-order chi connectivity index (χ0) is 20.6. The number of benzene rings is 2. The molecule has 10 heteroatoms. The molecule has 7 nitrogen and oxygen atoms in total. The number of nitrogens with one attached hydrogen (secondary N) is 2. The van der Waals surface area contributed by atoms with Crippen LogP contribution in [0.25, 0.3) is 0 Å². The number of nitrogens with two attached hydrogens (primary N) is 1. The number of para-hydroxylation sites is 2. The first kappa shape index (κ1) is 20.9. The Morgan fingerprint density at radius 2 is 1.82 bits per heavy atom. The lowest BCUT2D eigenvalue weighted by Crippen LogP contribution is -2.28. The molecule has 0 bridgehead atoms. The molecule has 150 valence electrons. The molecule has 0 aliphatic carbocycles. The van der Waals surface area contributed by atoms with Crippen LogP contribution in [0.3, 0.4) is 0 Å². The van der Waals surface area contributed by atoms with Crippen LogP contribution in [0, 0.1) is 0 Å². The largest absolute Gasteiger partial charge is 0.573 e. The highest BCUT2D eigenvalue weighted by atomic mass is 19.4. The lowest BCUT2D eigenvalue weighted by molar-refractivity contribution is -0.274.